The zero-order valence-corrected chi connectivity index (χ0v) is 10.9. The quantitative estimate of drug-likeness (QED) is 0.712. The molecule has 0 radical (unpaired) electrons. The smallest absolute Gasteiger partial charge is 0.115 e. The Morgan fingerprint density at radius 1 is 1.12 bits per heavy atom. The summed E-state index contributed by atoms with van der Waals surface area (Å²) in [6.07, 6.45) is 0.957. The van der Waals surface area contributed by atoms with Crippen molar-refractivity contribution in [3.8, 4) is 5.75 Å². The van der Waals surface area contributed by atoms with Crippen LogP contribution in [0.1, 0.15) is 38.8 Å². The minimum atomic E-state index is 0.124. The third kappa shape index (κ3) is 4.75. The second-order valence-electron chi connectivity index (χ2n) is 4.99. The largest absolute Gasteiger partial charge is 0.508 e. The summed E-state index contributed by atoms with van der Waals surface area (Å²) in [5, 5.41) is 21.9. The van der Waals surface area contributed by atoms with Gasteiger partial charge in [0, 0.05) is 12.1 Å². The average Bonchev–Trinajstić information content (AvgIpc) is 2.28. The van der Waals surface area contributed by atoms with Crippen LogP contribution in [0, 0.1) is 5.92 Å². The Balaban J connectivity index is 2.57. The molecule has 0 aliphatic carbocycles. The molecule has 3 heteroatoms. The number of hydrogen-bond acceptors (Lipinski definition) is 3. The highest BCUT2D eigenvalue weighted by molar-refractivity contribution is 5.27. The van der Waals surface area contributed by atoms with Gasteiger partial charge in [0.15, 0.2) is 0 Å². The first-order valence-corrected chi connectivity index (χ1v) is 6.18. The predicted octanol–water partition coefficient (Wildman–Crippen LogP) is 2.45. The lowest BCUT2D eigenvalue weighted by Gasteiger charge is -2.23. The van der Waals surface area contributed by atoms with E-state index in [-0.39, 0.29) is 24.4 Å². The van der Waals surface area contributed by atoms with Crippen LogP contribution in [0.25, 0.3) is 0 Å². The van der Waals surface area contributed by atoms with Crippen LogP contribution in [-0.2, 0) is 0 Å². The van der Waals surface area contributed by atoms with Crippen LogP contribution in [0.15, 0.2) is 24.3 Å². The zero-order valence-electron chi connectivity index (χ0n) is 10.9. The van der Waals surface area contributed by atoms with Crippen molar-refractivity contribution in [2.24, 2.45) is 5.92 Å². The highest BCUT2D eigenvalue weighted by Gasteiger charge is 2.13. The molecule has 0 saturated heterocycles. The van der Waals surface area contributed by atoms with Gasteiger partial charge in [-0.05, 0) is 37.0 Å². The second kappa shape index (κ2) is 6.62. The van der Waals surface area contributed by atoms with E-state index < -0.39 is 0 Å². The van der Waals surface area contributed by atoms with Gasteiger partial charge >= 0.3 is 0 Å². The number of rotatable bonds is 6. The summed E-state index contributed by atoms with van der Waals surface area (Å²) in [6.45, 7) is 6.51. The van der Waals surface area contributed by atoms with Gasteiger partial charge in [0.2, 0.25) is 0 Å². The van der Waals surface area contributed by atoms with Gasteiger partial charge in [0.1, 0.15) is 5.75 Å². The summed E-state index contributed by atoms with van der Waals surface area (Å²) in [5.41, 5.74) is 1.12. The Hall–Kier alpha value is -1.06. The second-order valence-corrected chi connectivity index (χ2v) is 4.99. The molecule has 0 fully saturated rings. The summed E-state index contributed by atoms with van der Waals surface area (Å²) < 4.78 is 0. The Morgan fingerprint density at radius 3 is 2.18 bits per heavy atom. The van der Waals surface area contributed by atoms with Crippen molar-refractivity contribution in [3.63, 3.8) is 0 Å². The number of aromatic hydroxyl groups is 1. The van der Waals surface area contributed by atoms with Crippen molar-refractivity contribution in [1.82, 2.24) is 5.32 Å². The Bertz CT molecular complexity index is 321. The van der Waals surface area contributed by atoms with E-state index in [1.807, 2.05) is 12.1 Å². The van der Waals surface area contributed by atoms with E-state index in [2.05, 4.69) is 26.1 Å². The van der Waals surface area contributed by atoms with Crippen LogP contribution < -0.4 is 5.32 Å². The van der Waals surface area contributed by atoms with Crippen LogP contribution >= 0.6 is 0 Å². The fourth-order valence-electron chi connectivity index (χ4n) is 1.98. The van der Waals surface area contributed by atoms with Crippen LogP contribution in [-0.4, -0.2) is 22.9 Å². The first-order valence-electron chi connectivity index (χ1n) is 6.18. The first kappa shape index (κ1) is 14.0. The molecule has 0 amide bonds. The van der Waals surface area contributed by atoms with Gasteiger partial charge in [0.05, 0.1) is 6.61 Å². The number of benzene rings is 1. The predicted molar refractivity (Wildman–Crippen MR) is 70.0 cm³/mol. The molecular weight excluding hydrogens is 214 g/mol. The van der Waals surface area contributed by atoms with Crippen molar-refractivity contribution in [2.75, 3.05) is 6.61 Å². The molecule has 0 aliphatic heterocycles. The van der Waals surface area contributed by atoms with E-state index in [4.69, 9.17) is 0 Å². The maximum atomic E-state index is 9.31. The summed E-state index contributed by atoms with van der Waals surface area (Å²) >= 11 is 0. The molecule has 0 saturated carbocycles. The number of nitrogens with one attached hydrogen (secondary N) is 1. The van der Waals surface area contributed by atoms with E-state index in [9.17, 15) is 10.2 Å². The third-order valence-electron chi connectivity index (χ3n) is 2.86. The summed E-state index contributed by atoms with van der Waals surface area (Å²) in [4.78, 5) is 0. The molecule has 0 heterocycles. The van der Waals surface area contributed by atoms with Gasteiger partial charge in [-0.15, -0.1) is 0 Å². The fraction of sp³-hybridized carbons (Fsp3) is 0.571. The molecule has 0 aliphatic rings. The minimum Gasteiger partial charge on any atom is -0.508 e. The topological polar surface area (TPSA) is 52.5 Å². The molecule has 17 heavy (non-hydrogen) atoms. The van der Waals surface area contributed by atoms with Crippen LogP contribution in [0.3, 0.4) is 0 Å². The molecule has 1 aromatic carbocycles. The average molecular weight is 237 g/mol. The minimum absolute atomic E-state index is 0.124. The summed E-state index contributed by atoms with van der Waals surface area (Å²) in [6, 6.07) is 7.46. The number of aliphatic hydroxyl groups is 1. The first-order chi connectivity index (χ1) is 8.02. The molecule has 0 spiro atoms. The maximum Gasteiger partial charge on any atom is 0.115 e. The van der Waals surface area contributed by atoms with Crippen molar-refractivity contribution in [3.05, 3.63) is 29.8 Å². The molecule has 0 bridgehead atoms. The van der Waals surface area contributed by atoms with Crippen LogP contribution in [0.2, 0.25) is 0 Å². The van der Waals surface area contributed by atoms with Crippen molar-refractivity contribution in [1.29, 1.82) is 0 Å². The highest BCUT2D eigenvalue weighted by atomic mass is 16.3. The number of phenols is 1. The summed E-state index contributed by atoms with van der Waals surface area (Å²) in [5.74, 6) is 0.841. The SMILES string of the molecule is CC(C)CC(CO)NC(C)c1ccc(O)cc1. The molecular formula is C14H23NO2. The van der Waals surface area contributed by atoms with E-state index in [0.717, 1.165) is 12.0 Å². The van der Waals surface area contributed by atoms with Gasteiger partial charge in [-0.1, -0.05) is 26.0 Å². The standard InChI is InChI=1S/C14H23NO2/c1-10(2)8-13(9-16)15-11(3)12-4-6-14(17)7-5-12/h4-7,10-11,13,15-17H,8-9H2,1-3H3. The number of aliphatic hydroxyl groups excluding tert-OH is 1. The number of phenolic OH excluding ortho intramolecular Hbond substituents is 1. The molecule has 2 atom stereocenters. The summed E-state index contributed by atoms with van der Waals surface area (Å²) in [7, 11) is 0. The molecule has 96 valence electrons. The van der Waals surface area contributed by atoms with Crippen LogP contribution in [0.5, 0.6) is 5.75 Å². The van der Waals surface area contributed by atoms with Gasteiger partial charge in [-0.2, -0.15) is 0 Å². The van der Waals surface area contributed by atoms with Crippen molar-refractivity contribution in [2.45, 2.75) is 39.3 Å². The lowest BCUT2D eigenvalue weighted by atomic mass is 10.0. The molecule has 3 nitrogen and oxygen atoms in total. The van der Waals surface area contributed by atoms with E-state index in [0.29, 0.717) is 5.92 Å². The molecule has 1 rings (SSSR count). The lowest BCUT2D eigenvalue weighted by Crippen LogP contribution is -2.35. The molecule has 3 N–H and O–H groups in total. The van der Waals surface area contributed by atoms with Gasteiger partial charge in [-0.3, -0.25) is 0 Å². The van der Waals surface area contributed by atoms with Crippen molar-refractivity contribution >= 4 is 0 Å². The van der Waals surface area contributed by atoms with E-state index in [1.165, 1.54) is 0 Å². The van der Waals surface area contributed by atoms with E-state index >= 15 is 0 Å². The maximum absolute atomic E-state index is 9.31. The van der Waals surface area contributed by atoms with Crippen molar-refractivity contribution < 1.29 is 10.2 Å². The zero-order chi connectivity index (χ0) is 12.8. The van der Waals surface area contributed by atoms with E-state index in [1.54, 1.807) is 12.1 Å². The number of hydrogen-bond donors (Lipinski definition) is 3. The fourth-order valence-corrected chi connectivity index (χ4v) is 1.98. The highest BCUT2D eigenvalue weighted by Crippen LogP contribution is 2.18. The van der Waals surface area contributed by atoms with Gasteiger partial charge in [-0.25, -0.2) is 0 Å². The Morgan fingerprint density at radius 2 is 1.71 bits per heavy atom. The monoisotopic (exact) mass is 237 g/mol. The normalized spacial score (nSPS) is 14.9. The molecule has 2 unspecified atom stereocenters. The van der Waals surface area contributed by atoms with Gasteiger partial charge in [0.25, 0.3) is 0 Å². The van der Waals surface area contributed by atoms with Gasteiger partial charge < -0.3 is 15.5 Å². The Labute approximate surface area is 103 Å². The molecule has 1 aromatic rings. The lowest BCUT2D eigenvalue weighted by molar-refractivity contribution is 0.215. The molecule has 0 aromatic heterocycles. The Kier molecular flexibility index (Phi) is 5.45. The van der Waals surface area contributed by atoms with Crippen LogP contribution in [0.4, 0.5) is 0 Å². The third-order valence-corrected chi connectivity index (χ3v) is 2.86.